The van der Waals surface area contributed by atoms with E-state index in [0.29, 0.717) is 6.42 Å². The van der Waals surface area contributed by atoms with Crippen molar-refractivity contribution in [3.05, 3.63) is 42.4 Å². The summed E-state index contributed by atoms with van der Waals surface area (Å²) in [6, 6.07) is 5.97. The number of benzene rings is 1. The zero-order valence-corrected chi connectivity index (χ0v) is 9.89. The molecule has 2 rings (SSSR count). The van der Waals surface area contributed by atoms with Gasteiger partial charge in [-0.3, -0.25) is 14.5 Å². The lowest BCUT2D eigenvalue weighted by atomic mass is 9.99. The third kappa shape index (κ3) is 2.11. The molecule has 0 bridgehead atoms. The molecule has 0 saturated heterocycles. The van der Waals surface area contributed by atoms with E-state index in [1.165, 1.54) is 30.3 Å². The Morgan fingerprint density at radius 3 is 2.83 bits per heavy atom. The highest BCUT2D eigenvalue weighted by molar-refractivity contribution is 6.09. The van der Waals surface area contributed by atoms with Gasteiger partial charge in [-0.25, -0.2) is 4.39 Å². The Kier molecular flexibility index (Phi) is 3.41. The van der Waals surface area contributed by atoms with Crippen molar-refractivity contribution in [3.8, 4) is 0 Å². The third-order valence-electron chi connectivity index (χ3n) is 2.84. The topological polar surface area (TPSA) is 49.4 Å². The maximum absolute atomic E-state index is 13.6. The van der Waals surface area contributed by atoms with Crippen molar-refractivity contribution in [1.29, 1.82) is 0 Å². The smallest absolute Gasteiger partial charge is 0.244 e. The summed E-state index contributed by atoms with van der Waals surface area (Å²) in [6.07, 6.45) is 3.53. The zero-order chi connectivity index (χ0) is 13.1. The quantitative estimate of drug-likeness (QED) is 0.805. The van der Waals surface area contributed by atoms with E-state index in [1.807, 2.05) is 0 Å². The van der Waals surface area contributed by atoms with Gasteiger partial charge in [0.25, 0.3) is 0 Å². The number of allylic oxidation sites excluding steroid dienone is 1. The highest BCUT2D eigenvalue weighted by Gasteiger charge is 2.32. The molecule has 1 aromatic rings. The van der Waals surface area contributed by atoms with Crippen LogP contribution in [-0.2, 0) is 9.59 Å². The first-order chi connectivity index (χ1) is 8.65. The van der Waals surface area contributed by atoms with Gasteiger partial charge in [0.2, 0.25) is 11.8 Å². The lowest BCUT2D eigenvalue weighted by Gasteiger charge is -2.26. The van der Waals surface area contributed by atoms with Crippen LogP contribution in [0.15, 0.2) is 36.5 Å². The van der Waals surface area contributed by atoms with Crippen molar-refractivity contribution in [1.82, 2.24) is 5.32 Å². The lowest BCUT2D eigenvalue weighted by molar-refractivity contribution is -0.133. The van der Waals surface area contributed by atoms with Gasteiger partial charge in [0.05, 0.1) is 5.69 Å². The number of carbonyl (C=O) groups excluding carboxylic acids is 2. The first-order valence-corrected chi connectivity index (χ1v) is 5.61. The third-order valence-corrected chi connectivity index (χ3v) is 2.84. The number of carbonyl (C=O) groups is 2. The van der Waals surface area contributed by atoms with Crippen LogP contribution in [0.25, 0.3) is 0 Å². The Labute approximate surface area is 104 Å². The second kappa shape index (κ2) is 5.00. The van der Waals surface area contributed by atoms with Crippen LogP contribution in [0.5, 0.6) is 0 Å². The first kappa shape index (κ1) is 12.3. The van der Waals surface area contributed by atoms with E-state index in [4.69, 9.17) is 0 Å². The van der Waals surface area contributed by atoms with Crippen molar-refractivity contribution in [3.63, 3.8) is 0 Å². The molecule has 0 radical (unpaired) electrons. The molecule has 4 nitrogen and oxygen atoms in total. The van der Waals surface area contributed by atoms with E-state index in [2.05, 4.69) is 5.32 Å². The van der Waals surface area contributed by atoms with Gasteiger partial charge in [0.1, 0.15) is 11.7 Å². The van der Waals surface area contributed by atoms with Crippen LogP contribution in [0.1, 0.15) is 6.42 Å². The molecule has 0 aliphatic carbocycles. The Balaban J connectivity index is 2.33. The predicted octanol–water partition coefficient (Wildman–Crippen LogP) is 1.44. The molecule has 18 heavy (non-hydrogen) atoms. The van der Waals surface area contributed by atoms with Crippen LogP contribution >= 0.6 is 0 Å². The van der Waals surface area contributed by atoms with Gasteiger partial charge in [-0.1, -0.05) is 18.2 Å². The second-order valence-corrected chi connectivity index (χ2v) is 3.95. The highest BCUT2D eigenvalue weighted by Crippen LogP contribution is 2.25. The number of anilines is 1. The van der Waals surface area contributed by atoms with Gasteiger partial charge in [-0.05, 0) is 18.6 Å². The molecule has 0 fully saturated rings. The first-order valence-electron chi connectivity index (χ1n) is 5.61. The van der Waals surface area contributed by atoms with Crippen molar-refractivity contribution < 1.29 is 14.0 Å². The molecule has 0 saturated carbocycles. The molecule has 1 atom stereocenters. The molecule has 5 heteroatoms. The molecule has 0 aromatic heterocycles. The summed E-state index contributed by atoms with van der Waals surface area (Å²) in [5.41, 5.74) is 0.160. The number of hydrogen-bond donors (Lipinski definition) is 1. The normalized spacial score (nSPS) is 18.9. The van der Waals surface area contributed by atoms with E-state index in [9.17, 15) is 14.0 Å². The zero-order valence-electron chi connectivity index (χ0n) is 9.89. The van der Waals surface area contributed by atoms with Crippen LogP contribution in [0.2, 0.25) is 0 Å². The Morgan fingerprint density at radius 1 is 1.44 bits per heavy atom. The minimum absolute atomic E-state index is 0.160. The average molecular weight is 248 g/mol. The van der Waals surface area contributed by atoms with Crippen LogP contribution in [-0.4, -0.2) is 18.9 Å². The summed E-state index contributed by atoms with van der Waals surface area (Å²) in [5.74, 6) is -2.06. The van der Waals surface area contributed by atoms with Gasteiger partial charge >= 0.3 is 0 Å². The molecule has 1 N–H and O–H groups in total. The summed E-state index contributed by atoms with van der Waals surface area (Å²) in [5, 5.41) is 2.44. The van der Waals surface area contributed by atoms with Gasteiger partial charge < -0.3 is 5.32 Å². The molecule has 1 aliphatic rings. The minimum atomic E-state index is -0.792. The largest absolute Gasteiger partial charge is 0.358 e. The molecule has 1 unspecified atom stereocenters. The maximum atomic E-state index is 13.6. The number of para-hydroxylation sites is 1. The Morgan fingerprint density at radius 2 is 2.17 bits per heavy atom. The number of hydrogen-bond acceptors (Lipinski definition) is 2. The van der Waals surface area contributed by atoms with Crippen LogP contribution in [0.4, 0.5) is 10.1 Å². The Bertz CT molecular complexity index is 513. The SMILES string of the molecule is CNC(=O)C1CC=CN(c2ccccc2F)C1=O. The number of nitrogens with one attached hydrogen (secondary N) is 1. The molecule has 1 aromatic carbocycles. The molecular weight excluding hydrogens is 235 g/mol. The Hall–Kier alpha value is -2.17. The maximum Gasteiger partial charge on any atom is 0.244 e. The fraction of sp³-hybridized carbons (Fsp3) is 0.231. The van der Waals surface area contributed by atoms with E-state index in [0.717, 1.165) is 0 Å². The standard InChI is InChI=1S/C13H13FN2O2/c1-15-12(17)9-5-4-8-16(13(9)18)11-7-3-2-6-10(11)14/h2-4,6-9H,5H2,1H3,(H,15,17). The summed E-state index contributed by atoms with van der Waals surface area (Å²) in [4.78, 5) is 24.9. The van der Waals surface area contributed by atoms with E-state index in [-0.39, 0.29) is 11.6 Å². The van der Waals surface area contributed by atoms with E-state index in [1.54, 1.807) is 18.2 Å². The number of rotatable bonds is 2. The summed E-state index contributed by atoms with van der Waals surface area (Å²) in [7, 11) is 1.47. The highest BCUT2D eigenvalue weighted by atomic mass is 19.1. The fourth-order valence-electron chi connectivity index (χ4n) is 1.88. The van der Waals surface area contributed by atoms with E-state index >= 15 is 0 Å². The van der Waals surface area contributed by atoms with Gasteiger partial charge in [-0.15, -0.1) is 0 Å². The summed E-state index contributed by atoms with van der Waals surface area (Å²) < 4.78 is 13.6. The molecule has 1 heterocycles. The van der Waals surface area contributed by atoms with Crippen molar-refractivity contribution in [2.75, 3.05) is 11.9 Å². The minimum Gasteiger partial charge on any atom is -0.358 e. The summed E-state index contributed by atoms with van der Waals surface area (Å²) >= 11 is 0. The fourth-order valence-corrected chi connectivity index (χ4v) is 1.88. The monoisotopic (exact) mass is 248 g/mol. The molecular formula is C13H13FN2O2. The van der Waals surface area contributed by atoms with Crippen LogP contribution in [0.3, 0.4) is 0 Å². The van der Waals surface area contributed by atoms with Gasteiger partial charge in [0.15, 0.2) is 0 Å². The molecule has 2 amide bonds. The van der Waals surface area contributed by atoms with Crippen LogP contribution < -0.4 is 10.2 Å². The van der Waals surface area contributed by atoms with Crippen LogP contribution in [0, 0.1) is 11.7 Å². The number of nitrogens with zero attached hydrogens (tertiary/aromatic N) is 1. The summed E-state index contributed by atoms with van der Waals surface area (Å²) in [6.45, 7) is 0. The van der Waals surface area contributed by atoms with E-state index < -0.39 is 17.6 Å². The van der Waals surface area contributed by atoms with Crippen molar-refractivity contribution in [2.45, 2.75) is 6.42 Å². The van der Waals surface area contributed by atoms with Crippen molar-refractivity contribution >= 4 is 17.5 Å². The molecule has 94 valence electrons. The van der Waals surface area contributed by atoms with Crippen molar-refractivity contribution in [2.24, 2.45) is 5.92 Å². The number of halogens is 1. The van der Waals surface area contributed by atoms with Gasteiger partial charge in [-0.2, -0.15) is 0 Å². The number of amides is 2. The average Bonchev–Trinajstić information content (AvgIpc) is 2.39. The molecule has 0 spiro atoms. The molecule has 1 aliphatic heterocycles. The van der Waals surface area contributed by atoms with Gasteiger partial charge in [0, 0.05) is 13.2 Å². The second-order valence-electron chi connectivity index (χ2n) is 3.95. The predicted molar refractivity (Wildman–Crippen MR) is 65.2 cm³/mol. The lowest BCUT2D eigenvalue weighted by Crippen LogP contribution is -2.42.